The molecular formula is C16H22N2O6S. The van der Waals surface area contributed by atoms with Crippen molar-refractivity contribution >= 4 is 27.6 Å². The lowest BCUT2D eigenvalue weighted by Gasteiger charge is -2.31. The van der Waals surface area contributed by atoms with E-state index in [1.54, 1.807) is 13.0 Å². The van der Waals surface area contributed by atoms with Gasteiger partial charge in [-0.2, -0.15) is 0 Å². The number of carboxylic acids is 1. The van der Waals surface area contributed by atoms with Gasteiger partial charge in [-0.05, 0) is 38.0 Å². The predicted octanol–water partition coefficient (Wildman–Crippen LogP) is 1.39. The Kier molecular flexibility index (Phi) is 6.02. The second-order valence-electron chi connectivity index (χ2n) is 5.80. The molecule has 2 rings (SSSR count). The Morgan fingerprint density at radius 1 is 1.40 bits per heavy atom. The van der Waals surface area contributed by atoms with Crippen LogP contribution in [-0.4, -0.2) is 55.7 Å². The minimum atomic E-state index is -3.35. The normalized spacial score (nSPS) is 18.6. The van der Waals surface area contributed by atoms with E-state index in [0.717, 1.165) is 0 Å². The van der Waals surface area contributed by atoms with E-state index in [2.05, 4.69) is 5.32 Å². The zero-order valence-electron chi connectivity index (χ0n) is 14.2. The summed E-state index contributed by atoms with van der Waals surface area (Å²) in [7, 11) is -1.93. The number of nitrogens with zero attached hydrogens (tertiary/aromatic N) is 1. The number of aromatic carboxylic acids is 1. The molecule has 0 aromatic heterocycles. The molecule has 1 aliphatic rings. The highest BCUT2D eigenvalue weighted by Crippen LogP contribution is 2.25. The van der Waals surface area contributed by atoms with E-state index in [1.165, 1.54) is 23.5 Å². The third-order valence-corrected chi connectivity index (χ3v) is 6.08. The van der Waals surface area contributed by atoms with Crippen molar-refractivity contribution < 1.29 is 27.9 Å². The van der Waals surface area contributed by atoms with Gasteiger partial charge in [-0.3, -0.25) is 4.79 Å². The number of methoxy groups -OCH3 is 1. The summed E-state index contributed by atoms with van der Waals surface area (Å²) in [6.45, 7) is 2.08. The molecule has 0 spiro atoms. The molecule has 1 fully saturated rings. The molecule has 1 unspecified atom stereocenters. The third-order valence-electron chi connectivity index (χ3n) is 4.23. The molecule has 1 aromatic carbocycles. The molecule has 2 N–H and O–H groups in total. The van der Waals surface area contributed by atoms with Crippen molar-refractivity contribution in [2.75, 3.05) is 31.3 Å². The standard InChI is InChI=1S/C16H22N2O6S/c1-3-25(22,23)18-8-4-5-11(10-18)15(19)17-14-7-6-12(24-2)9-13(14)16(20)21/h6-7,9,11H,3-5,8,10H2,1-2H3,(H,17,19)(H,20,21). The molecule has 1 saturated heterocycles. The van der Waals surface area contributed by atoms with Crippen LogP contribution in [-0.2, 0) is 14.8 Å². The van der Waals surface area contributed by atoms with Gasteiger partial charge in [-0.1, -0.05) is 0 Å². The quantitative estimate of drug-likeness (QED) is 0.782. The third kappa shape index (κ3) is 4.49. The smallest absolute Gasteiger partial charge is 0.337 e. The second-order valence-corrected chi connectivity index (χ2v) is 8.06. The number of ether oxygens (including phenoxy) is 1. The Morgan fingerprint density at radius 2 is 2.12 bits per heavy atom. The molecule has 1 aromatic rings. The largest absolute Gasteiger partial charge is 0.497 e. The van der Waals surface area contributed by atoms with E-state index in [0.29, 0.717) is 25.1 Å². The molecule has 1 aliphatic heterocycles. The van der Waals surface area contributed by atoms with Crippen molar-refractivity contribution in [1.82, 2.24) is 4.31 Å². The van der Waals surface area contributed by atoms with Gasteiger partial charge in [-0.15, -0.1) is 0 Å². The average Bonchev–Trinajstić information content (AvgIpc) is 2.61. The maximum atomic E-state index is 12.5. The first-order valence-electron chi connectivity index (χ1n) is 7.98. The summed E-state index contributed by atoms with van der Waals surface area (Å²) in [4.78, 5) is 23.9. The summed E-state index contributed by atoms with van der Waals surface area (Å²) in [6.07, 6.45) is 1.14. The van der Waals surface area contributed by atoms with Gasteiger partial charge in [0.25, 0.3) is 0 Å². The van der Waals surface area contributed by atoms with Crippen molar-refractivity contribution in [3.63, 3.8) is 0 Å². The van der Waals surface area contributed by atoms with Crippen molar-refractivity contribution in [3.8, 4) is 5.75 Å². The molecular weight excluding hydrogens is 348 g/mol. The zero-order valence-corrected chi connectivity index (χ0v) is 15.0. The first kappa shape index (κ1) is 19.2. The molecule has 1 amide bonds. The van der Waals surface area contributed by atoms with Crippen molar-refractivity contribution in [3.05, 3.63) is 23.8 Å². The summed E-state index contributed by atoms with van der Waals surface area (Å²) in [5.74, 6) is -1.73. The number of carbonyl (C=O) groups is 2. The van der Waals surface area contributed by atoms with Crippen LogP contribution in [0.5, 0.6) is 5.75 Å². The SMILES string of the molecule is CCS(=O)(=O)N1CCCC(C(=O)Nc2ccc(OC)cc2C(=O)O)C1. The Morgan fingerprint density at radius 3 is 2.72 bits per heavy atom. The number of nitrogens with one attached hydrogen (secondary N) is 1. The molecule has 9 heteroatoms. The van der Waals surface area contributed by atoms with Crippen LogP contribution in [0.4, 0.5) is 5.69 Å². The van der Waals surface area contributed by atoms with Crippen molar-refractivity contribution in [1.29, 1.82) is 0 Å². The van der Waals surface area contributed by atoms with Gasteiger partial charge in [0.05, 0.1) is 30.0 Å². The monoisotopic (exact) mass is 370 g/mol. The van der Waals surface area contributed by atoms with E-state index in [4.69, 9.17) is 4.74 Å². The van der Waals surface area contributed by atoms with E-state index in [1.807, 2.05) is 0 Å². The molecule has 8 nitrogen and oxygen atoms in total. The van der Waals surface area contributed by atoms with Gasteiger partial charge in [-0.25, -0.2) is 17.5 Å². The van der Waals surface area contributed by atoms with Gasteiger partial charge in [0, 0.05) is 13.1 Å². The lowest BCUT2D eigenvalue weighted by molar-refractivity contribution is -0.120. The number of amides is 1. The van der Waals surface area contributed by atoms with Crippen LogP contribution >= 0.6 is 0 Å². The Balaban J connectivity index is 2.15. The van der Waals surface area contributed by atoms with Gasteiger partial charge in [0.1, 0.15) is 5.75 Å². The van der Waals surface area contributed by atoms with Crippen LogP contribution in [0.3, 0.4) is 0 Å². The van der Waals surface area contributed by atoms with Crippen molar-refractivity contribution in [2.24, 2.45) is 5.92 Å². The Bertz CT molecular complexity index is 762. The summed E-state index contributed by atoms with van der Waals surface area (Å²) in [5, 5.41) is 11.9. The highest BCUT2D eigenvalue weighted by molar-refractivity contribution is 7.89. The van der Waals surface area contributed by atoms with Gasteiger partial charge in [0.2, 0.25) is 15.9 Å². The average molecular weight is 370 g/mol. The minimum absolute atomic E-state index is 0.0109. The van der Waals surface area contributed by atoms with E-state index >= 15 is 0 Å². The number of carboxylic acid groups (broad SMARTS) is 1. The van der Waals surface area contributed by atoms with E-state index in [-0.39, 0.29) is 29.5 Å². The van der Waals surface area contributed by atoms with E-state index in [9.17, 15) is 23.1 Å². The summed E-state index contributed by atoms with van der Waals surface area (Å²) in [5.41, 5.74) is 0.0790. The number of anilines is 1. The molecule has 0 aliphatic carbocycles. The summed E-state index contributed by atoms with van der Waals surface area (Å²) in [6, 6.07) is 4.34. The molecule has 0 radical (unpaired) electrons. The lowest BCUT2D eigenvalue weighted by atomic mass is 9.98. The van der Waals surface area contributed by atoms with Crippen LogP contribution in [0.2, 0.25) is 0 Å². The van der Waals surface area contributed by atoms with E-state index < -0.39 is 21.9 Å². The number of carbonyl (C=O) groups excluding carboxylic acids is 1. The summed E-state index contributed by atoms with van der Waals surface area (Å²) >= 11 is 0. The fourth-order valence-corrected chi connectivity index (χ4v) is 3.94. The summed E-state index contributed by atoms with van der Waals surface area (Å²) < 4.78 is 30.3. The number of sulfonamides is 1. The maximum Gasteiger partial charge on any atom is 0.337 e. The molecule has 0 bridgehead atoms. The minimum Gasteiger partial charge on any atom is -0.497 e. The molecule has 1 atom stereocenters. The van der Waals surface area contributed by atoms with Crippen LogP contribution < -0.4 is 10.1 Å². The van der Waals surface area contributed by atoms with Crippen molar-refractivity contribution in [2.45, 2.75) is 19.8 Å². The number of rotatable bonds is 6. The highest BCUT2D eigenvalue weighted by atomic mass is 32.2. The second kappa shape index (κ2) is 7.83. The predicted molar refractivity (Wildman–Crippen MR) is 92.3 cm³/mol. The van der Waals surface area contributed by atoms with Crippen LogP contribution in [0.15, 0.2) is 18.2 Å². The van der Waals surface area contributed by atoms with Crippen LogP contribution in [0.25, 0.3) is 0 Å². The highest BCUT2D eigenvalue weighted by Gasteiger charge is 2.31. The Labute approximate surface area is 146 Å². The number of benzene rings is 1. The van der Waals surface area contributed by atoms with Crippen LogP contribution in [0, 0.1) is 5.92 Å². The fraction of sp³-hybridized carbons (Fsp3) is 0.500. The lowest BCUT2D eigenvalue weighted by Crippen LogP contribution is -2.44. The topological polar surface area (TPSA) is 113 Å². The molecule has 25 heavy (non-hydrogen) atoms. The van der Waals surface area contributed by atoms with Crippen LogP contribution in [0.1, 0.15) is 30.1 Å². The number of hydrogen-bond acceptors (Lipinski definition) is 5. The molecule has 1 heterocycles. The van der Waals surface area contributed by atoms with Gasteiger partial charge in [0.15, 0.2) is 0 Å². The molecule has 138 valence electrons. The first-order chi connectivity index (χ1) is 11.8. The number of hydrogen-bond donors (Lipinski definition) is 2. The van der Waals surface area contributed by atoms with Gasteiger partial charge < -0.3 is 15.2 Å². The van der Waals surface area contributed by atoms with Gasteiger partial charge >= 0.3 is 5.97 Å². The number of piperidine rings is 1. The first-order valence-corrected chi connectivity index (χ1v) is 9.59. The zero-order chi connectivity index (χ0) is 18.6. The Hall–Kier alpha value is -2.13. The maximum absolute atomic E-state index is 12.5. The molecule has 0 saturated carbocycles. The fourth-order valence-electron chi connectivity index (χ4n) is 2.76.